The second-order valence-corrected chi connectivity index (χ2v) is 5.94. The van der Waals surface area contributed by atoms with Gasteiger partial charge >= 0.3 is 12.0 Å². The number of amides is 2. The first kappa shape index (κ1) is 13.9. The number of carboxylic acid groups (broad SMARTS) is 1. The summed E-state index contributed by atoms with van der Waals surface area (Å²) in [4.78, 5) is 29.3. The van der Waals surface area contributed by atoms with E-state index in [4.69, 9.17) is 4.42 Å². The average Bonchev–Trinajstić information content (AvgIpc) is 3.09. The Labute approximate surface area is 122 Å². The van der Waals surface area contributed by atoms with Crippen molar-refractivity contribution in [1.29, 1.82) is 0 Å². The minimum atomic E-state index is -0.772. The zero-order valence-corrected chi connectivity index (χ0v) is 12.0. The third-order valence-electron chi connectivity index (χ3n) is 4.67. The molecule has 114 valence electrons. The number of likely N-dealkylation sites (tertiary alicyclic amines) is 1. The van der Waals surface area contributed by atoms with Crippen molar-refractivity contribution < 1.29 is 19.1 Å². The normalized spacial score (nSPS) is 27.7. The standard InChI is InChI=1S/C14H19N3O4/c1-9-15-5-11(21-9)6-16-13(20)17-7-10-3-2-4-14(10,8-17)12(18)19/h5,10H,2-4,6-8H2,1H3,(H,16,20)(H,18,19)/t10-,14+/m0/s1. The van der Waals surface area contributed by atoms with Crippen molar-refractivity contribution in [1.82, 2.24) is 15.2 Å². The van der Waals surface area contributed by atoms with E-state index >= 15 is 0 Å². The molecule has 21 heavy (non-hydrogen) atoms. The minimum Gasteiger partial charge on any atom is -0.481 e. The first-order valence-corrected chi connectivity index (χ1v) is 7.19. The van der Waals surface area contributed by atoms with Crippen molar-refractivity contribution in [3.8, 4) is 0 Å². The van der Waals surface area contributed by atoms with Crippen LogP contribution in [0.2, 0.25) is 0 Å². The van der Waals surface area contributed by atoms with Crippen LogP contribution >= 0.6 is 0 Å². The number of aryl methyl sites for hydroxylation is 1. The minimum absolute atomic E-state index is 0.0771. The highest BCUT2D eigenvalue weighted by atomic mass is 16.4. The fourth-order valence-electron chi connectivity index (χ4n) is 3.56. The maximum absolute atomic E-state index is 12.2. The Kier molecular flexibility index (Phi) is 3.35. The van der Waals surface area contributed by atoms with E-state index in [-0.39, 0.29) is 18.5 Å². The number of carbonyl (C=O) groups excluding carboxylic acids is 1. The van der Waals surface area contributed by atoms with Gasteiger partial charge in [0.05, 0.1) is 18.2 Å². The number of nitrogens with zero attached hydrogens (tertiary/aromatic N) is 2. The summed E-state index contributed by atoms with van der Waals surface area (Å²) in [5.74, 6) is 0.451. The van der Waals surface area contributed by atoms with Gasteiger partial charge in [0, 0.05) is 20.0 Å². The first-order chi connectivity index (χ1) is 10.0. The summed E-state index contributed by atoms with van der Waals surface area (Å²) in [5, 5.41) is 12.3. The van der Waals surface area contributed by atoms with Gasteiger partial charge in [0.25, 0.3) is 0 Å². The predicted molar refractivity (Wildman–Crippen MR) is 72.5 cm³/mol. The number of hydrogen-bond donors (Lipinski definition) is 2. The molecule has 7 nitrogen and oxygen atoms in total. The van der Waals surface area contributed by atoms with Gasteiger partial charge in [0.2, 0.25) is 0 Å². The number of aromatic nitrogens is 1. The molecule has 1 aliphatic carbocycles. The molecule has 1 saturated carbocycles. The Hall–Kier alpha value is -2.05. The molecule has 2 atom stereocenters. The van der Waals surface area contributed by atoms with Crippen LogP contribution in [0.4, 0.5) is 4.79 Å². The van der Waals surface area contributed by atoms with E-state index in [2.05, 4.69) is 10.3 Å². The molecular weight excluding hydrogens is 274 g/mol. The molecule has 2 amide bonds. The number of carboxylic acids is 1. The van der Waals surface area contributed by atoms with Gasteiger partial charge < -0.3 is 19.7 Å². The first-order valence-electron chi connectivity index (χ1n) is 7.19. The lowest BCUT2D eigenvalue weighted by molar-refractivity contribution is -0.149. The monoisotopic (exact) mass is 293 g/mol. The average molecular weight is 293 g/mol. The molecule has 0 bridgehead atoms. The molecule has 1 aromatic rings. The van der Waals surface area contributed by atoms with E-state index < -0.39 is 11.4 Å². The van der Waals surface area contributed by atoms with Crippen LogP contribution in [0.5, 0.6) is 0 Å². The molecule has 3 rings (SSSR count). The van der Waals surface area contributed by atoms with Gasteiger partial charge in [0.1, 0.15) is 5.76 Å². The van der Waals surface area contributed by atoms with Crippen molar-refractivity contribution in [2.45, 2.75) is 32.7 Å². The quantitative estimate of drug-likeness (QED) is 0.877. The number of fused-ring (bicyclic) bond motifs is 1. The fraction of sp³-hybridized carbons (Fsp3) is 0.643. The van der Waals surface area contributed by atoms with Gasteiger partial charge in [0.15, 0.2) is 5.89 Å². The van der Waals surface area contributed by atoms with Crippen LogP contribution in [-0.2, 0) is 11.3 Å². The smallest absolute Gasteiger partial charge is 0.317 e. The molecule has 2 fully saturated rings. The second kappa shape index (κ2) is 5.05. The number of urea groups is 1. The molecule has 1 aromatic heterocycles. The largest absolute Gasteiger partial charge is 0.481 e. The van der Waals surface area contributed by atoms with Crippen molar-refractivity contribution in [2.24, 2.45) is 11.3 Å². The molecular formula is C14H19N3O4. The number of aliphatic carboxylic acids is 1. The summed E-state index contributed by atoms with van der Waals surface area (Å²) in [6.45, 7) is 2.83. The van der Waals surface area contributed by atoms with Crippen molar-refractivity contribution in [2.75, 3.05) is 13.1 Å². The molecule has 2 N–H and O–H groups in total. The molecule has 0 radical (unpaired) electrons. The summed E-state index contributed by atoms with van der Waals surface area (Å²) in [5.41, 5.74) is -0.736. The van der Waals surface area contributed by atoms with Crippen LogP contribution in [0, 0.1) is 18.3 Å². The van der Waals surface area contributed by atoms with Gasteiger partial charge in [-0.05, 0) is 18.8 Å². The molecule has 2 heterocycles. The van der Waals surface area contributed by atoms with Gasteiger partial charge in [-0.15, -0.1) is 0 Å². The molecule has 7 heteroatoms. The molecule has 0 spiro atoms. The van der Waals surface area contributed by atoms with Gasteiger partial charge in [-0.3, -0.25) is 4.79 Å². The number of rotatable bonds is 3. The lowest BCUT2D eigenvalue weighted by atomic mass is 9.81. The Morgan fingerprint density at radius 2 is 2.43 bits per heavy atom. The molecule has 2 aliphatic rings. The van der Waals surface area contributed by atoms with Crippen molar-refractivity contribution >= 4 is 12.0 Å². The fourth-order valence-corrected chi connectivity index (χ4v) is 3.56. The van der Waals surface area contributed by atoms with Gasteiger partial charge in [-0.1, -0.05) is 6.42 Å². The van der Waals surface area contributed by atoms with Crippen LogP contribution in [0.3, 0.4) is 0 Å². The highest BCUT2D eigenvalue weighted by molar-refractivity contribution is 5.80. The van der Waals surface area contributed by atoms with Crippen molar-refractivity contribution in [3.05, 3.63) is 17.8 Å². The van der Waals surface area contributed by atoms with E-state index in [9.17, 15) is 14.7 Å². The Bertz CT molecular complexity index is 570. The van der Waals surface area contributed by atoms with E-state index in [1.165, 1.54) is 0 Å². The lowest BCUT2D eigenvalue weighted by Crippen LogP contribution is -2.41. The van der Waals surface area contributed by atoms with Crippen LogP contribution in [0.25, 0.3) is 0 Å². The number of nitrogens with one attached hydrogen (secondary N) is 1. The summed E-state index contributed by atoms with van der Waals surface area (Å²) in [6, 6.07) is -0.237. The highest BCUT2D eigenvalue weighted by Gasteiger charge is 2.55. The third kappa shape index (κ3) is 2.36. The van der Waals surface area contributed by atoms with Crippen molar-refractivity contribution in [3.63, 3.8) is 0 Å². The molecule has 1 saturated heterocycles. The predicted octanol–water partition coefficient (Wildman–Crippen LogP) is 1.38. The SMILES string of the molecule is Cc1ncc(CNC(=O)N2C[C@@H]3CCC[C@@]3(C(=O)O)C2)o1. The summed E-state index contributed by atoms with van der Waals surface area (Å²) >= 11 is 0. The summed E-state index contributed by atoms with van der Waals surface area (Å²) < 4.78 is 5.29. The van der Waals surface area contributed by atoms with E-state index in [1.807, 2.05) is 0 Å². The van der Waals surface area contributed by atoms with Crippen LogP contribution in [0.1, 0.15) is 30.9 Å². The number of carbonyl (C=O) groups is 2. The lowest BCUT2D eigenvalue weighted by Gasteiger charge is -2.23. The topological polar surface area (TPSA) is 95.7 Å². The summed E-state index contributed by atoms with van der Waals surface area (Å²) in [6.07, 6.45) is 4.06. The highest BCUT2D eigenvalue weighted by Crippen LogP contribution is 2.48. The third-order valence-corrected chi connectivity index (χ3v) is 4.67. The Morgan fingerprint density at radius 3 is 3.05 bits per heavy atom. The summed E-state index contributed by atoms with van der Waals surface area (Å²) in [7, 11) is 0. The molecule has 0 unspecified atom stereocenters. The zero-order chi connectivity index (χ0) is 15.0. The second-order valence-electron chi connectivity index (χ2n) is 5.94. The molecule has 0 aromatic carbocycles. The van der Waals surface area contributed by atoms with Crippen LogP contribution < -0.4 is 5.32 Å². The van der Waals surface area contributed by atoms with Gasteiger partial charge in [-0.25, -0.2) is 9.78 Å². The number of hydrogen-bond acceptors (Lipinski definition) is 4. The zero-order valence-electron chi connectivity index (χ0n) is 12.0. The maximum atomic E-state index is 12.2. The van der Waals surface area contributed by atoms with E-state index in [0.717, 1.165) is 12.8 Å². The Balaban J connectivity index is 1.61. The number of oxazole rings is 1. The van der Waals surface area contributed by atoms with Crippen LogP contribution in [-0.4, -0.2) is 40.1 Å². The molecule has 1 aliphatic heterocycles. The van der Waals surface area contributed by atoms with E-state index in [0.29, 0.717) is 31.2 Å². The van der Waals surface area contributed by atoms with Gasteiger partial charge in [-0.2, -0.15) is 0 Å². The Morgan fingerprint density at radius 1 is 1.62 bits per heavy atom. The van der Waals surface area contributed by atoms with Crippen LogP contribution in [0.15, 0.2) is 10.6 Å². The maximum Gasteiger partial charge on any atom is 0.317 e. The van der Waals surface area contributed by atoms with E-state index in [1.54, 1.807) is 18.0 Å².